The Morgan fingerprint density at radius 1 is 1.11 bits per heavy atom. The third-order valence-electron chi connectivity index (χ3n) is 4.36. The number of halogens is 2. The molecule has 1 atom stereocenters. The number of amides is 1. The highest BCUT2D eigenvalue weighted by Gasteiger charge is 2.14. The van der Waals surface area contributed by atoms with Crippen LogP contribution in [-0.4, -0.2) is 16.9 Å². The highest BCUT2D eigenvalue weighted by atomic mass is 32.1. The van der Waals surface area contributed by atoms with Crippen LogP contribution in [0.5, 0.6) is 0 Å². The third-order valence-corrected chi connectivity index (χ3v) is 5.46. The molecule has 3 nitrogen and oxygen atoms in total. The van der Waals surface area contributed by atoms with Gasteiger partial charge in [-0.25, -0.2) is 13.8 Å². The van der Waals surface area contributed by atoms with Crippen LogP contribution in [0.3, 0.4) is 0 Å². The largest absolute Gasteiger partial charge is 0.353 e. The molecule has 3 aromatic rings. The molecule has 1 aromatic heterocycles. The van der Waals surface area contributed by atoms with Gasteiger partial charge in [-0.15, -0.1) is 11.3 Å². The molecule has 0 bridgehead atoms. The van der Waals surface area contributed by atoms with Crippen molar-refractivity contribution in [1.82, 2.24) is 10.3 Å². The molecular formula is C21H22F2N2OS. The summed E-state index contributed by atoms with van der Waals surface area (Å²) >= 11 is 1.69. The fraction of sp³-hybridized carbons (Fsp3) is 0.333. The first-order valence-electron chi connectivity index (χ1n) is 9.09. The predicted octanol–water partition coefficient (Wildman–Crippen LogP) is 5.03. The molecule has 3 rings (SSSR count). The Hall–Kier alpha value is -2.34. The third kappa shape index (κ3) is 5.32. The number of rotatable bonds is 8. The van der Waals surface area contributed by atoms with Crippen LogP contribution >= 0.6 is 11.3 Å². The summed E-state index contributed by atoms with van der Waals surface area (Å²) in [6.07, 6.45) is 3.01. The molecule has 0 saturated heterocycles. The van der Waals surface area contributed by atoms with Crippen molar-refractivity contribution >= 4 is 27.5 Å². The SMILES string of the molecule is CC(Cc1c(F)cccc1F)NC(=O)CCCCc1nc2ccccc2s1. The number of thiazole rings is 1. The van der Waals surface area contributed by atoms with E-state index in [4.69, 9.17) is 0 Å². The first-order chi connectivity index (χ1) is 13.0. The maximum atomic E-state index is 13.7. The Morgan fingerprint density at radius 2 is 1.85 bits per heavy atom. The average molecular weight is 388 g/mol. The number of carbonyl (C=O) groups is 1. The number of fused-ring (bicyclic) bond motifs is 1. The van der Waals surface area contributed by atoms with Crippen LogP contribution < -0.4 is 5.32 Å². The van der Waals surface area contributed by atoms with Gasteiger partial charge in [0, 0.05) is 18.0 Å². The van der Waals surface area contributed by atoms with E-state index < -0.39 is 11.6 Å². The second-order valence-electron chi connectivity index (χ2n) is 6.66. The number of carbonyl (C=O) groups excluding carboxylic acids is 1. The van der Waals surface area contributed by atoms with Gasteiger partial charge in [-0.05, 0) is 56.9 Å². The first kappa shape index (κ1) is 19.4. The highest BCUT2D eigenvalue weighted by Crippen LogP contribution is 2.23. The van der Waals surface area contributed by atoms with Crippen LogP contribution in [-0.2, 0) is 17.6 Å². The number of nitrogens with one attached hydrogen (secondary N) is 1. The van der Waals surface area contributed by atoms with Crippen LogP contribution in [0.4, 0.5) is 8.78 Å². The quantitative estimate of drug-likeness (QED) is 0.550. The lowest BCUT2D eigenvalue weighted by molar-refractivity contribution is -0.121. The standard InChI is InChI=1S/C21H22F2N2OS/c1-14(13-15-16(22)7-6-8-17(15)23)24-20(26)11-4-5-12-21-25-18-9-2-3-10-19(18)27-21/h2-3,6-10,14H,4-5,11-13H2,1H3,(H,24,26). The normalized spacial score (nSPS) is 12.3. The van der Waals surface area contributed by atoms with E-state index in [9.17, 15) is 13.6 Å². The van der Waals surface area contributed by atoms with Crippen molar-refractivity contribution in [3.05, 3.63) is 64.7 Å². The minimum absolute atomic E-state index is 0.0149. The van der Waals surface area contributed by atoms with Gasteiger partial charge in [0.05, 0.1) is 15.2 Å². The lowest BCUT2D eigenvalue weighted by Gasteiger charge is -2.15. The van der Waals surface area contributed by atoms with Crippen molar-refractivity contribution in [2.45, 2.75) is 45.1 Å². The van der Waals surface area contributed by atoms with Crippen molar-refractivity contribution in [2.75, 3.05) is 0 Å². The number of nitrogens with zero attached hydrogens (tertiary/aromatic N) is 1. The van der Waals surface area contributed by atoms with Gasteiger partial charge in [0.2, 0.25) is 5.91 Å². The van der Waals surface area contributed by atoms with E-state index in [2.05, 4.69) is 16.4 Å². The molecule has 1 heterocycles. The van der Waals surface area contributed by atoms with Crippen LogP contribution in [0, 0.1) is 11.6 Å². The molecule has 1 amide bonds. The first-order valence-corrected chi connectivity index (χ1v) is 9.91. The molecule has 0 radical (unpaired) electrons. The summed E-state index contributed by atoms with van der Waals surface area (Å²) in [5.41, 5.74) is 1.03. The van der Waals surface area contributed by atoms with Crippen LogP contribution in [0.15, 0.2) is 42.5 Å². The maximum Gasteiger partial charge on any atom is 0.220 e. The van der Waals surface area contributed by atoms with Gasteiger partial charge >= 0.3 is 0 Å². The van der Waals surface area contributed by atoms with Crippen LogP contribution in [0.1, 0.15) is 36.8 Å². The minimum Gasteiger partial charge on any atom is -0.353 e. The van der Waals surface area contributed by atoms with Gasteiger partial charge in [-0.2, -0.15) is 0 Å². The predicted molar refractivity (Wildman–Crippen MR) is 105 cm³/mol. The van der Waals surface area contributed by atoms with Gasteiger partial charge in [-0.3, -0.25) is 4.79 Å². The Labute approximate surface area is 161 Å². The molecule has 0 spiro atoms. The minimum atomic E-state index is -0.577. The van der Waals surface area contributed by atoms with E-state index in [1.54, 1.807) is 18.3 Å². The zero-order valence-electron chi connectivity index (χ0n) is 15.2. The van der Waals surface area contributed by atoms with Crippen molar-refractivity contribution in [2.24, 2.45) is 0 Å². The Kier molecular flexibility index (Phi) is 6.50. The molecule has 0 saturated carbocycles. The van der Waals surface area contributed by atoms with Gasteiger partial charge in [0.25, 0.3) is 0 Å². The molecule has 0 fully saturated rings. The topological polar surface area (TPSA) is 42.0 Å². The van der Waals surface area contributed by atoms with Crippen LogP contribution in [0.25, 0.3) is 10.2 Å². The lowest BCUT2D eigenvalue weighted by atomic mass is 10.1. The lowest BCUT2D eigenvalue weighted by Crippen LogP contribution is -2.34. The molecule has 1 unspecified atom stereocenters. The van der Waals surface area contributed by atoms with Crippen molar-refractivity contribution in [3.8, 4) is 0 Å². The molecule has 142 valence electrons. The number of unbranched alkanes of at least 4 members (excludes halogenated alkanes) is 1. The monoisotopic (exact) mass is 388 g/mol. The van der Waals surface area contributed by atoms with Gasteiger partial charge in [0.15, 0.2) is 0 Å². The fourth-order valence-electron chi connectivity index (χ4n) is 3.02. The zero-order valence-corrected chi connectivity index (χ0v) is 16.0. The van der Waals surface area contributed by atoms with E-state index in [0.29, 0.717) is 6.42 Å². The number of hydrogen-bond donors (Lipinski definition) is 1. The Balaban J connectivity index is 1.40. The van der Waals surface area contributed by atoms with E-state index in [-0.39, 0.29) is 23.9 Å². The van der Waals surface area contributed by atoms with E-state index >= 15 is 0 Å². The summed E-state index contributed by atoms with van der Waals surface area (Å²) in [6.45, 7) is 1.75. The van der Waals surface area contributed by atoms with E-state index in [0.717, 1.165) is 29.8 Å². The zero-order chi connectivity index (χ0) is 19.2. The molecule has 0 aliphatic carbocycles. The summed E-state index contributed by atoms with van der Waals surface area (Å²) < 4.78 is 28.5. The molecule has 6 heteroatoms. The second-order valence-corrected chi connectivity index (χ2v) is 7.77. The summed E-state index contributed by atoms with van der Waals surface area (Å²) in [5, 5.41) is 3.90. The maximum absolute atomic E-state index is 13.7. The number of aromatic nitrogens is 1. The molecule has 27 heavy (non-hydrogen) atoms. The number of aryl methyl sites for hydroxylation is 1. The summed E-state index contributed by atoms with van der Waals surface area (Å²) in [7, 11) is 0. The molecule has 0 aliphatic heterocycles. The second kappa shape index (κ2) is 9.04. The van der Waals surface area contributed by atoms with Crippen LogP contribution in [0.2, 0.25) is 0 Å². The molecule has 0 aliphatic rings. The molecule has 1 N–H and O–H groups in total. The summed E-state index contributed by atoms with van der Waals surface area (Å²) in [5.74, 6) is -1.25. The smallest absolute Gasteiger partial charge is 0.220 e. The summed E-state index contributed by atoms with van der Waals surface area (Å²) in [6, 6.07) is 11.5. The highest BCUT2D eigenvalue weighted by molar-refractivity contribution is 7.18. The van der Waals surface area contributed by atoms with Crippen molar-refractivity contribution in [1.29, 1.82) is 0 Å². The van der Waals surface area contributed by atoms with E-state index in [1.807, 2.05) is 18.2 Å². The molecule has 2 aromatic carbocycles. The van der Waals surface area contributed by atoms with Gasteiger partial charge in [-0.1, -0.05) is 18.2 Å². The number of para-hydroxylation sites is 1. The van der Waals surface area contributed by atoms with Gasteiger partial charge < -0.3 is 5.32 Å². The summed E-state index contributed by atoms with van der Waals surface area (Å²) in [4.78, 5) is 16.6. The van der Waals surface area contributed by atoms with Crippen molar-refractivity contribution in [3.63, 3.8) is 0 Å². The fourth-order valence-corrected chi connectivity index (χ4v) is 4.03. The Bertz CT molecular complexity index is 872. The van der Waals surface area contributed by atoms with E-state index in [1.165, 1.54) is 22.9 Å². The number of benzene rings is 2. The average Bonchev–Trinajstić information content (AvgIpc) is 3.05. The molecular weight excluding hydrogens is 366 g/mol. The Morgan fingerprint density at radius 3 is 2.59 bits per heavy atom. The number of hydrogen-bond acceptors (Lipinski definition) is 3. The van der Waals surface area contributed by atoms with Gasteiger partial charge in [0.1, 0.15) is 11.6 Å². The van der Waals surface area contributed by atoms with Crippen molar-refractivity contribution < 1.29 is 13.6 Å².